The van der Waals surface area contributed by atoms with Gasteiger partial charge in [0.25, 0.3) is 17.4 Å². The zero-order chi connectivity index (χ0) is 21.4. The van der Waals surface area contributed by atoms with E-state index in [9.17, 15) is 24.8 Å². The van der Waals surface area contributed by atoms with E-state index in [0.29, 0.717) is 5.69 Å². The molecule has 7 nitrogen and oxygen atoms in total. The SMILES string of the molecule is Cc1ccccc1N1C(=O)C(=O)/C(=C(\O)c2ccc([N+](=O)[O-])cc2)C1c1cccs1. The first-order valence-electron chi connectivity index (χ1n) is 9.05. The van der Waals surface area contributed by atoms with E-state index < -0.39 is 22.7 Å². The molecular weight excluding hydrogens is 404 g/mol. The van der Waals surface area contributed by atoms with Gasteiger partial charge in [-0.05, 0) is 42.1 Å². The van der Waals surface area contributed by atoms with Crippen LogP contribution in [0.1, 0.15) is 22.0 Å². The highest BCUT2D eigenvalue weighted by Gasteiger charge is 2.47. The maximum atomic E-state index is 13.0. The van der Waals surface area contributed by atoms with Crippen molar-refractivity contribution < 1.29 is 19.6 Å². The van der Waals surface area contributed by atoms with Gasteiger partial charge in [-0.15, -0.1) is 11.3 Å². The highest BCUT2D eigenvalue weighted by atomic mass is 32.1. The third-order valence-electron chi connectivity index (χ3n) is 4.98. The van der Waals surface area contributed by atoms with Gasteiger partial charge >= 0.3 is 0 Å². The number of hydrogen-bond acceptors (Lipinski definition) is 6. The molecule has 1 amide bonds. The summed E-state index contributed by atoms with van der Waals surface area (Å²) in [6.07, 6.45) is 0. The molecule has 2 heterocycles. The number of Topliss-reactive ketones (excluding diaryl/α,β-unsaturated/α-hetero) is 1. The number of anilines is 1. The van der Waals surface area contributed by atoms with Gasteiger partial charge in [0.15, 0.2) is 0 Å². The number of para-hydroxylation sites is 1. The monoisotopic (exact) mass is 420 g/mol. The standard InChI is InChI=1S/C22H16N2O5S/c1-13-5-2-3-6-16(13)23-19(17-7-4-12-30-17)18(21(26)22(23)27)20(25)14-8-10-15(11-9-14)24(28)29/h2-12,19,25H,1H3/b20-18-. The molecule has 1 N–H and O–H groups in total. The van der Waals surface area contributed by atoms with E-state index in [-0.39, 0.29) is 22.6 Å². The van der Waals surface area contributed by atoms with Crippen LogP contribution in [0.2, 0.25) is 0 Å². The first-order chi connectivity index (χ1) is 14.4. The maximum Gasteiger partial charge on any atom is 0.300 e. The molecule has 30 heavy (non-hydrogen) atoms. The van der Waals surface area contributed by atoms with Gasteiger partial charge in [0.1, 0.15) is 11.8 Å². The van der Waals surface area contributed by atoms with Crippen LogP contribution in [0.5, 0.6) is 0 Å². The van der Waals surface area contributed by atoms with Crippen molar-refractivity contribution in [2.45, 2.75) is 13.0 Å². The average Bonchev–Trinajstić information content (AvgIpc) is 3.35. The Morgan fingerprint density at radius 1 is 1.07 bits per heavy atom. The van der Waals surface area contributed by atoms with Crippen LogP contribution >= 0.6 is 11.3 Å². The Morgan fingerprint density at radius 2 is 1.77 bits per heavy atom. The quantitative estimate of drug-likeness (QED) is 0.219. The van der Waals surface area contributed by atoms with Gasteiger partial charge < -0.3 is 5.11 Å². The van der Waals surface area contributed by atoms with E-state index in [0.717, 1.165) is 10.4 Å². The van der Waals surface area contributed by atoms with Crippen molar-refractivity contribution in [1.82, 2.24) is 0 Å². The molecule has 0 saturated carbocycles. The van der Waals surface area contributed by atoms with Crippen LogP contribution in [0.15, 0.2) is 71.6 Å². The molecule has 1 fully saturated rings. The van der Waals surface area contributed by atoms with E-state index in [4.69, 9.17) is 0 Å². The first kappa shape index (κ1) is 19.5. The van der Waals surface area contributed by atoms with E-state index in [1.807, 2.05) is 30.5 Å². The summed E-state index contributed by atoms with van der Waals surface area (Å²) in [5.41, 5.74) is 1.45. The predicted molar refractivity (Wildman–Crippen MR) is 113 cm³/mol. The number of hydrogen-bond donors (Lipinski definition) is 1. The molecular formula is C22H16N2O5S. The molecule has 1 saturated heterocycles. The number of non-ortho nitro benzene ring substituents is 1. The Bertz CT molecular complexity index is 1180. The molecule has 1 aliphatic rings. The topological polar surface area (TPSA) is 101 Å². The number of thiophene rings is 1. The van der Waals surface area contributed by atoms with Gasteiger partial charge in [-0.2, -0.15) is 0 Å². The number of benzene rings is 2. The van der Waals surface area contributed by atoms with Crippen molar-refractivity contribution in [2.24, 2.45) is 0 Å². The number of rotatable bonds is 4. The highest BCUT2D eigenvalue weighted by Crippen LogP contribution is 2.44. The summed E-state index contributed by atoms with van der Waals surface area (Å²) < 4.78 is 0. The second-order valence-corrected chi connectivity index (χ2v) is 7.75. The van der Waals surface area contributed by atoms with Crippen LogP contribution in [-0.2, 0) is 9.59 Å². The smallest absolute Gasteiger partial charge is 0.300 e. The number of amides is 1. The number of aliphatic hydroxyl groups is 1. The summed E-state index contributed by atoms with van der Waals surface area (Å²) >= 11 is 1.37. The van der Waals surface area contributed by atoms with Crippen LogP contribution in [0.25, 0.3) is 5.76 Å². The van der Waals surface area contributed by atoms with E-state index in [2.05, 4.69) is 0 Å². The van der Waals surface area contributed by atoms with Gasteiger partial charge in [0, 0.05) is 28.3 Å². The van der Waals surface area contributed by atoms with Crippen molar-refractivity contribution in [3.05, 3.63) is 97.7 Å². The van der Waals surface area contributed by atoms with Gasteiger partial charge in [-0.1, -0.05) is 24.3 Å². The molecule has 2 aromatic carbocycles. The van der Waals surface area contributed by atoms with E-state index >= 15 is 0 Å². The van der Waals surface area contributed by atoms with E-state index in [1.165, 1.54) is 40.5 Å². The summed E-state index contributed by atoms with van der Waals surface area (Å²) in [5.74, 6) is -1.89. The zero-order valence-corrected chi connectivity index (χ0v) is 16.6. The fourth-order valence-corrected chi connectivity index (χ4v) is 4.35. The fraction of sp³-hybridized carbons (Fsp3) is 0.0909. The Hall–Kier alpha value is -3.78. The third-order valence-corrected chi connectivity index (χ3v) is 5.91. The molecule has 1 atom stereocenters. The lowest BCUT2D eigenvalue weighted by Crippen LogP contribution is -2.29. The van der Waals surface area contributed by atoms with Gasteiger partial charge in [-0.25, -0.2) is 0 Å². The molecule has 4 rings (SSSR count). The van der Waals surface area contributed by atoms with Crippen LogP contribution < -0.4 is 4.90 Å². The number of nitro benzene ring substituents is 1. The van der Waals surface area contributed by atoms with Crippen molar-refractivity contribution in [3.8, 4) is 0 Å². The Morgan fingerprint density at radius 3 is 2.37 bits per heavy atom. The minimum Gasteiger partial charge on any atom is -0.507 e. The third kappa shape index (κ3) is 3.17. The lowest BCUT2D eigenvalue weighted by atomic mass is 9.99. The molecule has 8 heteroatoms. The molecule has 0 spiro atoms. The van der Waals surface area contributed by atoms with Gasteiger partial charge in [-0.3, -0.25) is 24.6 Å². The Balaban J connectivity index is 1.90. The van der Waals surface area contributed by atoms with Crippen LogP contribution in [0.3, 0.4) is 0 Å². The normalized spacial score (nSPS) is 18.0. The lowest BCUT2D eigenvalue weighted by molar-refractivity contribution is -0.384. The second kappa shape index (κ2) is 7.57. The first-order valence-corrected chi connectivity index (χ1v) is 9.93. The summed E-state index contributed by atoms with van der Waals surface area (Å²) in [6, 6.07) is 15.2. The molecule has 0 radical (unpaired) electrons. The number of aryl methyl sites for hydroxylation is 1. The van der Waals surface area contributed by atoms with Gasteiger partial charge in [0.05, 0.1) is 10.5 Å². The lowest BCUT2D eigenvalue weighted by Gasteiger charge is -2.25. The number of nitro groups is 1. The van der Waals surface area contributed by atoms with Gasteiger partial charge in [0.2, 0.25) is 0 Å². The minimum atomic E-state index is -0.799. The van der Waals surface area contributed by atoms with Crippen LogP contribution in [0.4, 0.5) is 11.4 Å². The summed E-state index contributed by atoms with van der Waals surface area (Å²) in [4.78, 5) is 38.5. The number of aliphatic hydroxyl groups excluding tert-OH is 1. The number of nitrogens with zero attached hydrogens (tertiary/aromatic N) is 2. The number of carbonyl (C=O) groups is 2. The van der Waals surface area contributed by atoms with E-state index in [1.54, 1.807) is 18.2 Å². The summed E-state index contributed by atoms with van der Waals surface area (Å²) in [7, 11) is 0. The molecule has 0 bridgehead atoms. The Kier molecular flexibility index (Phi) is 4.93. The van der Waals surface area contributed by atoms with Crippen LogP contribution in [-0.4, -0.2) is 21.7 Å². The Labute approximate surface area is 175 Å². The largest absolute Gasteiger partial charge is 0.507 e. The zero-order valence-electron chi connectivity index (χ0n) is 15.8. The molecule has 150 valence electrons. The molecule has 1 unspecified atom stereocenters. The average molecular weight is 420 g/mol. The summed E-state index contributed by atoms with van der Waals surface area (Å²) in [5, 5.41) is 23.7. The highest BCUT2D eigenvalue weighted by molar-refractivity contribution is 7.10. The van der Waals surface area contributed by atoms with Crippen molar-refractivity contribution in [3.63, 3.8) is 0 Å². The number of carbonyl (C=O) groups excluding carboxylic acids is 2. The molecule has 1 aliphatic heterocycles. The molecule has 0 aliphatic carbocycles. The van der Waals surface area contributed by atoms with Crippen LogP contribution in [0, 0.1) is 17.0 Å². The van der Waals surface area contributed by atoms with Crippen molar-refractivity contribution in [1.29, 1.82) is 0 Å². The van der Waals surface area contributed by atoms with Crippen molar-refractivity contribution >= 4 is 40.2 Å². The molecule has 3 aromatic rings. The number of ketones is 1. The van der Waals surface area contributed by atoms with Crippen molar-refractivity contribution in [2.75, 3.05) is 4.90 Å². The second-order valence-electron chi connectivity index (χ2n) is 6.77. The predicted octanol–water partition coefficient (Wildman–Crippen LogP) is 4.59. The minimum absolute atomic E-state index is 0.0421. The fourth-order valence-electron chi connectivity index (χ4n) is 3.53. The summed E-state index contributed by atoms with van der Waals surface area (Å²) in [6.45, 7) is 1.84. The molecule has 1 aromatic heterocycles. The maximum absolute atomic E-state index is 13.0.